The average Bonchev–Trinajstić information content (AvgIpc) is 2.35. The highest BCUT2D eigenvalue weighted by molar-refractivity contribution is 5.18. The fourth-order valence-electron chi connectivity index (χ4n) is 1.65. The molecule has 0 aliphatic heterocycles. The molecule has 0 aromatic carbocycles. The second kappa shape index (κ2) is 7.23. The second-order valence-electron chi connectivity index (χ2n) is 3.97. The van der Waals surface area contributed by atoms with Crippen molar-refractivity contribution in [3.63, 3.8) is 0 Å². The molecule has 1 atom stereocenters. The summed E-state index contributed by atoms with van der Waals surface area (Å²) < 4.78 is 5.04. The number of nitrogens with one attached hydrogen (secondary N) is 1. The molecule has 0 saturated carbocycles. The van der Waals surface area contributed by atoms with E-state index in [9.17, 15) is 0 Å². The van der Waals surface area contributed by atoms with E-state index in [1.807, 2.05) is 12.3 Å². The molecule has 1 aromatic heterocycles. The van der Waals surface area contributed by atoms with Crippen molar-refractivity contribution < 1.29 is 4.74 Å². The van der Waals surface area contributed by atoms with E-state index in [1.54, 1.807) is 7.11 Å². The van der Waals surface area contributed by atoms with Gasteiger partial charge in [-0.15, -0.1) is 0 Å². The Balaban J connectivity index is 2.49. The zero-order valence-corrected chi connectivity index (χ0v) is 10.5. The van der Waals surface area contributed by atoms with E-state index in [4.69, 9.17) is 4.74 Å². The Labute approximate surface area is 98.2 Å². The summed E-state index contributed by atoms with van der Waals surface area (Å²) in [5, 5.41) is 3.54. The fourth-order valence-corrected chi connectivity index (χ4v) is 1.65. The van der Waals surface area contributed by atoms with Gasteiger partial charge in [0.1, 0.15) is 0 Å². The molecule has 0 fully saturated rings. The standard InChI is InChI=1S/C13H22N2O/c1-4-8-14-12(5-2)9-11-6-7-13(16-3)15-10-11/h6-7,10,12,14H,4-5,8-9H2,1-3H3. The van der Waals surface area contributed by atoms with E-state index >= 15 is 0 Å². The summed E-state index contributed by atoms with van der Waals surface area (Å²) in [5.74, 6) is 0.679. The molecule has 0 aliphatic rings. The summed E-state index contributed by atoms with van der Waals surface area (Å²) >= 11 is 0. The lowest BCUT2D eigenvalue weighted by Crippen LogP contribution is -2.31. The highest BCUT2D eigenvalue weighted by Gasteiger charge is 2.06. The molecule has 1 rings (SSSR count). The van der Waals surface area contributed by atoms with Crippen LogP contribution >= 0.6 is 0 Å². The Kier molecular flexibility index (Phi) is 5.86. The van der Waals surface area contributed by atoms with Crippen molar-refractivity contribution in [1.29, 1.82) is 0 Å². The largest absolute Gasteiger partial charge is 0.481 e. The van der Waals surface area contributed by atoms with Crippen molar-refractivity contribution in [3.05, 3.63) is 23.9 Å². The zero-order valence-electron chi connectivity index (χ0n) is 10.5. The lowest BCUT2D eigenvalue weighted by Gasteiger charge is -2.16. The van der Waals surface area contributed by atoms with Crippen molar-refractivity contribution >= 4 is 0 Å². The molecule has 0 bridgehead atoms. The molecule has 1 aromatic rings. The molecule has 0 spiro atoms. The predicted octanol–water partition coefficient (Wildman–Crippen LogP) is 2.41. The van der Waals surface area contributed by atoms with Crippen molar-refractivity contribution in [2.24, 2.45) is 0 Å². The smallest absolute Gasteiger partial charge is 0.212 e. The summed E-state index contributed by atoms with van der Waals surface area (Å²) in [5.41, 5.74) is 1.26. The van der Waals surface area contributed by atoms with Gasteiger partial charge in [-0.25, -0.2) is 4.98 Å². The summed E-state index contributed by atoms with van der Waals surface area (Å²) in [7, 11) is 1.64. The van der Waals surface area contributed by atoms with Crippen LogP contribution in [-0.2, 0) is 6.42 Å². The molecule has 0 saturated heterocycles. The topological polar surface area (TPSA) is 34.1 Å². The first kappa shape index (κ1) is 13.0. The molecule has 16 heavy (non-hydrogen) atoms. The van der Waals surface area contributed by atoms with Crippen molar-refractivity contribution in [2.75, 3.05) is 13.7 Å². The van der Waals surface area contributed by atoms with Gasteiger partial charge in [0.15, 0.2) is 0 Å². The van der Waals surface area contributed by atoms with Crippen LogP contribution in [0.2, 0.25) is 0 Å². The van der Waals surface area contributed by atoms with Crippen molar-refractivity contribution in [3.8, 4) is 5.88 Å². The lowest BCUT2D eigenvalue weighted by molar-refractivity contribution is 0.397. The van der Waals surface area contributed by atoms with E-state index in [0.29, 0.717) is 11.9 Å². The molecule has 90 valence electrons. The van der Waals surface area contributed by atoms with E-state index < -0.39 is 0 Å². The van der Waals surface area contributed by atoms with E-state index in [2.05, 4.69) is 30.2 Å². The van der Waals surface area contributed by atoms with Crippen LogP contribution in [-0.4, -0.2) is 24.7 Å². The van der Waals surface area contributed by atoms with Crippen LogP contribution in [0.1, 0.15) is 32.3 Å². The molecule has 0 aliphatic carbocycles. The van der Waals surface area contributed by atoms with Gasteiger partial charge in [-0.05, 0) is 31.4 Å². The minimum absolute atomic E-state index is 0.551. The molecule has 1 heterocycles. The van der Waals surface area contributed by atoms with E-state index in [1.165, 1.54) is 12.0 Å². The molecule has 1 unspecified atom stereocenters. The maximum atomic E-state index is 5.04. The summed E-state index contributed by atoms with van der Waals surface area (Å²) in [6.45, 7) is 5.49. The molecule has 0 amide bonds. The maximum Gasteiger partial charge on any atom is 0.212 e. The van der Waals surface area contributed by atoms with E-state index in [0.717, 1.165) is 19.4 Å². The van der Waals surface area contributed by atoms with Gasteiger partial charge < -0.3 is 10.1 Å². The van der Waals surface area contributed by atoms with Crippen LogP contribution in [0.5, 0.6) is 5.88 Å². The molecule has 3 nitrogen and oxygen atoms in total. The first-order valence-corrected chi connectivity index (χ1v) is 6.02. The third kappa shape index (κ3) is 4.19. The van der Waals surface area contributed by atoms with Gasteiger partial charge in [0.2, 0.25) is 5.88 Å². The van der Waals surface area contributed by atoms with Gasteiger partial charge in [-0.2, -0.15) is 0 Å². The Morgan fingerprint density at radius 2 is 2.19 bits per heavy atom. The van der Waals surface area contributed by atoms with Gasteiger partial charge >= 0.3 is 0 Å². The fraction of sp³-hybridized carbons (Fsp3) is 0.615. The van der Waals surface area contributed by atoms with E-state index in [-0.39, 0.29) is 0 Å². The monoisotopic (exact) mass is 222 g/mol. The number of hydrogen-bond donors (Lipinski definition) is 1. The number of nitrogens with zero attached hydrogens (tertiary/aromatic N) is 1. The SMILES string of the molecule is CCCNC(CC)Cc1ccc(OC)nc1. The molecule has 0 radical (unpaired) electrons. The van der Waals surface area contributed by atoms with Crippen LogP contribution in [0.15, 0.2) is 18.3 Å². The van der Waals surface area contributed by atoms with Crippen LogP contribution in [0.25, 0.3) is 0 Å². The lowest BCUT2D eigenvalue weighted by atomic mass is 10.1. The Morgan fingerprint density at radius 3 is 2.69 bits per heavy atom. The Hall–Kier alpha value is -1.09. The van der Waals surface area contributed by atoms with Crippen LogP contribution < -0.4 is 10.1 Å². The number of methoxy groups -OCH3 is 1. The number of rotatable bonds is 7. The zero-order chi connectivity index (χ0) is 11.8. The number of aromatic nitrogens is 1. The van der Waals surface area contributed by atoms with Gasteiger partial charge in [-0.3, -0.25) is 0 Å². The molecule has 3 heteroatoms. The van der Waals surface area contributed by atoms with Crippen LogP contribution in [0, 0.1) is 0 Å². The minimum Gasteiger partial charge on any atom is -0.481 e. The minimum atomic E-state index is 0.551. The van der Waals surface area contributed by atoms with Gasteiger partial charge in [-0.1, -0.05) is 19.9 Å². The highest BCUT2D eigenvalue weighted by Crippen LogP contribution is 2.09. The average molecular weight is 222 g/mol. The normalized spacial score (nSPS) is 12.4. The Morgan fingerprint density at radius 1 is 1.38 bits per heavy atom. The summed E-state index contributed by atoms with van der Waals surface area (Å²) in [6.07, 6.45) is 5.26. The van der Waals surface area contributed by atoms with Gasteiger partial charge in [0.25, 0.3) is 0 Å². The van der Waals surface area contributed by atoms with Crippen molar-refractivity contribution in [1.82, 2.24) is 10.3 Å². The maximum absolute atomic E-state index is 5.04. The quantitative estimate of drug-likeness (QED) is 0.769. The highest BCUT2D eigenvalue weighted by atomic mass is 16.5. The first-order chi connectivity index (χ1) is 7.80. The van der Waals surface area contributed by atoms with Crippen molar-refractivity contribution in [2.45, 2.75) is 39.2 Å². The third-order valence-corrected chi connectivity index (χ3v) is 2.66. The van der Waals surface area contributed by atoms with Crippen LogP contribution in [0.3, 0.4) is 0 Å². The second-order valence-corrected chi connectivity index (χ2v) is 3.97. The molecular formula is C13H22N2O. The van der Waals surface area contributed by atoms with Crippen LogP contribution in [0.4, 0.5) is 0 Å². The number of ether oxygens (including phenoxy) is 1. The molecular weight excluding hydrogens is 200 g/mol. The summed E-state index contributed by atoms with van der Waals surface area (Å²) in [4.78, 5) is 4.21. The first-order valence-electron chi connectivity index (χ1n) is 6.02. The third-order valence-electron chi connectivity index (χ3n) is 2.66. The van der Waals surface area contributed by atoms with Gasteiger partial charge in [0, 0.05) is 18.3 Å². The van der Waals surface area contributed by atoms with Gasteiger partial charge in [0.05, 0.1) is 7.11 Å². The summed E-state index contributed by atoms with van der Waals surface area (Å²) in [6, 6.07) is 4.56. The Bertz CT molecular complexity index is 284. The predicted molar refractivity (Wildman–Crippen MR) is 66.9 cm³/mol. The number of hydrogen-bond acceptors (Lipinski definition) is 3. The number of pyridine rings is 1. The molecule has 1 N–H and O–H groups in total.